The Hall–Kier alpha value is -1.40. The second-order valence-corrected chi connectivity index (χ2v) is 5.98. The highest BCUT2D eigenvalue weighted by molar-refractivity contribution is 9.10. The molecule has 2 rings (SSSR count). The molecule has 1 aromatic rings. The van der Waals surface area contributed by atoms with Crippen LogP contribution in [0.15, 0.2) is 28.7 Å². The molecule has 0 radical (unpaired) electrons. The summed E-state index contributed by atoms with van der Waals surface area (Å²) in [4.78, 5) is 23.8. The van der Waals surface area contributed by atoms with Crippen molar-refractivity contribution in [1.82, 2.24) is 5.32 Å². The van der Waals surface area contributed by atoms with Crippen LogP contribution in [-0.2, 0) is 14.3 Å². The molecule has 1 amide bonds. The van der Waals surface area contributed by atoms with E-state index in [0.717, 1.165) is 12.8 Å². The summed E-state index contributed by atoms with van der Waals surface area (Å²) in [7, 11) is 0. The maximum absolute atomic E-state index is 12.3. The van der Waals surface area contributed by atoms with E-state index in [1.165, 1.54) is 0 Å². The van der Waals surface area contributed by atoms with Crippen LogP contribution in [0.1, 0.15) is 31.4 Å². The number of carboxylic acids is 1. The van der Waals surface area contributed by atoms with Gasteiger partial charge in [-0.2, -0.15) is 0 Å². The van der Waals surface area contributed by atoms with E-state index >= 15 is 0 Å². The van der Waals surface area contributed by atoms with E-state index in [1.54, 1.807) is 24.3 Å². The van der Waals surface area contributed by atoms with E-state index in [2.05, 4.69) is 21.2 Å². The molecule has 1 aromatic carbocycles. The highest BCUT2D eigenvalue weighted by Gasteiger charge is 2.32. The molecule has 0 aromatic heterocycles. The molecule has 3 atom stereocenters. The molecular formula is C15H18BrNO4. The Kier molecular flexibility index (Phi) is 5.36. The van der Waals surface area contributed by atoms with Crippen molar-refractivity contribution in [3.63, 3.8) is 0 Å². The van der Waals surface area contributed by atoms with Gasteiger partial charge in [-0.25, -0.2) is 4.79 Å². The molecule has 1 fully saturated rings. The number of carboxylic acid groups (broad SMARTS) is 1. The minimum atomic E-state index is -1.08. The van der Waals surface area contributed by atoms with E-state index < -0.39 is 12.0 Å². The zero-order valence-corrected chi connectivity index (χ0v) is 13.3. The van der Waals surface area contributed by atoms with Crippen LogP contribution in [0.25, 0.3) is 0 Å². The quantitative estimate of drug-likeness (QED) is 0.869. The van der Waals surface area contributed by atoms with E-state index in [0.29, 0.717) is 16.6 Å². The van der Waals surface area contributed by atoms with Crippen molar-refractivity contribution >= 4 is 27.8 Å². The number of hydrogen-bond acceptors (Lipinski definition) is 3. The number of benzene rings is 1. The molecule has 0 aliphatic carbocycles. The zero-order valence-electron chi connectivity index (χ0n) is 11.7. The number of ether oxygens (including phenoxy) is 1. The lowest BCUT2D eigenvalue weighted by molar-refractivity contribution is -0.144. The lowest BCUT2D eigenvalue weighted by Gasteiger charge is -2.29. The highest BCUT2D eigenvalue weighted by Crippen LogP contribution is 2.26. The van der Waals surface area contributed by atoms with Crippen LogP contribution < -0.4 is 5.32 Å². The Balaban J connectivity index is 2.15. The molecule has 1 aliphatic heterocycles. The number of carbonyl (C=O) groups is 2. The van der Waals surface area contributed by atoms with Gasteiger partial charge < -0.3 is 15.2 Å². The van der Waals surface area contributed by atoms with Crippen LogP contribution >= 0.6 is 15.9 Å². The summed E-state index contributed by atoms with van der Waals surface area (Å²) in [5.74, 6) is -1.66. The number of aliphatic carboxylic acids is 1. The van der Waals surface area contributed by atoms with Gasteiger partial charge >= 0.3 is 5.97 Å². The smallest absolute Gasteiger partial charge is 0.330 e. The molecule has 1 aliphatic rings. The van der Waals surface area contributed by atoms with Gasteiger partial charge in [0.15, 0.2) is 6.04 Å². The molecule has 1 heterocycles. The molecule has 5 nitrogen and oxygen atoms in total. The van der Waals surface area contributed by atoms with E-state index in [4.69, 9.17) is 4.74 Å². The summed E-state index contributed by atoms with van der Waals surface area (Å²) in [6.45, 7) is 2.50. The Morgan fingerprint density at radius 1 is 1.43 bits per heavy atom. The average molecular weight is 356 g/mol. The van der Waals surface area contributed by atoms with Crippen LogP contribution in [-0.4, -0.2) is 29.7 Å². The van der Waals surface area contributed by atoms with Crippen molar-refractivity contribution in [2.75, 3.05) is 6.61 Å². The van der Waals surface area contributed by atoms with Crippen molar-refractivity contribution < 1.29 is 19.4 Å². The minimum Gasteiger partial charge on any atom is -0.479 e. The highest BCUT2D eigenvalue weighted by atomic mass is 79.9. The third-order valence-electron chi connectivity index (χ3n) is 3.69. The Labute approximate surface area is 131 Å². The summed E-state index contributed by atoms with van der Waals surface area (Å²) in [6.07, 6.45) is 1.34. The number of nitrogens with one attached hydrogen (secondary N) is 1. The first kappa shape index (κ1) is 16.0. The zero-order chi connectivity index (χ0) is 15.4. The van der Waals surface area contributed by atoms with Crippen LogP contribution in [0.2, 0.25) is 0 Å². The molecule has 0 bridgehead atoms. The fraction of sp³-hybridized carbons (Fsp3) is 0.467. The Bertz CT molecular complexity index is 534. The molecular weight excluding hydrogens is 338 g/mol. The standard InChI is InChI=1S/C15H18BrNO4/c1-9-10(6-4-8-21-9)14(18)17-13(15(19)20)11-5-2-3-7-12(11)16/h2-3,5,7,9-10,13H,4,6,8H2,1H3,(H,17,18)(H,19,20). The minimum absolute atomic E-state index is 0.188. The summed E-state index contributed by atoms with van der Waals surface area (Å²) in [5, 5.41) is 12.0. The van der Waals surface area contributed by atoms with Gasteiger partial charge in [0.1, 0.15) is 0 Å². The third kappa shape index (κ3) is 3.83. The van der Waals surface area contributed by atoms with Gasteiger partial charge in [0.25, 0.3) is 0 Å². The lowest BCUT2D eigenvalue weighted by atomic mass is 9.93. The van der Waals surface area contributed by atoms with Crippen molar-refractivity contribution in [3.05, 3.63) is 34.3 Å². The first-order chi connectivity index (χ1) is 10.0. The summed E-state index contributed by atoms with van der Waals surface area (Å²) in [6, 6.07) is 5.91. The second kappa shape index (κ2) is 7.04. The van der Waals surface area contributed by atoms with Crippen LogP contribution in [0.3, 0.4) is 0 Å². The van der Waals surface area contributed by atoms with Crippen LogP contribution in [0, 0.1) is 5.92 Å². The number of carbonyl (C=O) groups excluding carboxylic acids is 1. The number of halogens is 1. The summed E-state index contributed by atoms with van der Waals surface area (Å²) in [5.41, 5.74) is 0.530. The average Bonchev–Trinajstić information content (AvgIpc) is 2.45. The van der Waals surface area contributed by atoms with Crippen molar-refractivity contribution in [2.45, 2.75) is 31.9 Å². The van der Waals surface area contributed by atoms with E-state index in [9.17, 15) is 14.7 Å². The molecule has 6 heteroatoms. The monoisotopic (exact) mass is 355 g/mol. The SMILES string of the molecule is CC1OCCCC1C(=O)NC(C(=O)O)c1ccccc1Br. The van der Waals surface area contributed by atoms with Crippen LogP contribution in [0.4, 0.5) is 0 Å². The predicted octanol–water partition coefficient (Wildman–Crippen LogP) is 2.51. The molecule has 0 spiro atoms. The Morgan fingerprint density at radius 2 is 2.14 bits per heavy atom. The molecule has 0 saturated carbocycles. The van der Waals surface area contributed by atoms with Gasteiger partial charge in [-0.05, 0) is 31.4 Å². The molecule has 21 heavy (non-hydrogen) atoms. The van der Waals surface area contributed by atoms with Gasteiger partial charge in [-0.1, -0.05) is 34.1 Å². The van der Waals surface area contributed by atoms with E-state index in [-0.39, 0.29) is 17.9 Å². The van der Waals surface area contributed by atoms with Gasteiger partial charge in [0, 0.05) is 11.1 Å². The predicted molar refractivity (Wildman–Crippen MR) is 80.8 cm³/mol. The Morgan fingerprint density at radius 3 is 2.76 bits per heavy atom. The van der Waals surface area contributed by atoms with Crippen molar-refractivity contribution in [2.24, 2.45) is 5.92 Å². The summed E-state index contributed by atoms with van der Waals surface area (Å²) >= 11 is 3.32. The van der Waals surface area contributed by atoms with Gasteiger partial charge in [-0.15, -0.1) is 0 Å². The van der Waals surface area contributed by atoms with Gasteiger partial charge in [0.2, 0.25) is 5.91 Å². The molecule has 2 N–H and O–H groups in total. The first-order valence-corrected chi connectivity index (χ1v) is 7.69. The van der Waals surface area contributed by atoms with Crippen molar-refractivity contribution in [3.8, 4) is 0 Å². The van der Waals surface area contributed by atoms with E-state index in [1.807, 2.05) is 6.92 Å². The van der Waals surface area contributed by atoms with Crippen LogP contribution in [0.5, 0.6) is 0 Å². The molecule has 3 unspecified atom stereocenters. The first-order valence-electron chi connectivity index (χ1n) is 6.90. The molecule has 1 saturated heterocycles. The summed E-state index contributed by atoms with van der Waals surface area (Å²) < 4.78 is 6.12. The largest absolute Gasteiger partial charge is 0.479 e. The number of hydrogen-bond donors (Lipinski definition) is 2. The maximum atomic E-state index is 12.3. The number of rotatable bonds is 4. The van der Waals surface area contributed by atoms with Gasteiger partial charge in [-0.3, -0.25) is 4.79 Å². The fourth-order valence-electron chi connectivity index (χ4n) is 2.50. The third-order valence-corrected chi connectivity index (χ3v) is 4.42. The lowest BCUT2D eigenvalue weighted by Crippen LogP contribution is -2.43. The van der Waals surface area contributed by atoms with Crippen molar-refractivity contribution in [1.29, 1.82) is 0 Å². The normalized spacial score (nSPS) is 23.3. The van der Waals surface area contributed by atoms with Gasteiger partial charge in [0.05, 0.1) is 12.0 Å². The maximum Gasteiger partial charge on any atom is 0.330 e. The topological polar surface area (TPSA) is 75.6 Å². The second-order valence-electron chi connectivity index (χ2n) is 5.13. The molecule has 114 valence electrons. The number of amides is 1. The fourth-order valence-corrected chi connectivity index (χ4v) is 3.01.